The molecule has 2 saturated heterocycles. The molecule has 0 saturated carbocycles. The van der Waals surface area contributed by atoms with Crippen LogP contribution in [0.3, 0.4) is 0 Å². The highest BCUT2D eigenvalue weighted by atomic mass is 35.5. The maximum absolute atomic E-state index is 13.6. The van der Waals surface area contributed by atoms with Gasteiger partial charge in [0.15, 0.2) is 0 Å². The largest absolute Gasteiger partial charge is 0.392 e. The molecule has 0 aliphatic carbocycles. The van der Waals surface area contributed by atoms with Crippen molar-refractivity contribution in [2.75, 3.05) is 40.9 Å². The van der Waals surface area contributed by atoms with E-state index in [9.17, 15) is 9.50 Å². The van der Waals surface area contributed by atoms with Gasteiger partial charge in [-0.1, -0.05) is 11.6 Å². The molecule has 35 heavy (non-hydrogen) atoms. The molecule has 184 valence electrons. The van der Waals surface area contributed by atoms with E-state index in [1.165, 1.54) is 12.1 Å². The Kier molecular flexibility index (Phi) is 6.75. The predicted molar refractivity (Wildman–Crippen MR) is 138 cm³/mol. The highest BCUT2D eigenvalue weighted by Gasteiger charge is 2.29. The van der Waals surface area contributed by atoms with Crippen molar-refractivity contribution in [1.82, 2.24) is 15.0 Å². The van der Waals surface area contributed by atoms with E-state index in [1.54, 1.807) is 24.4 Å². The predicted octanol–water partition coefficient (Wildman–Crippen LogP) is 4.53. The minimum Gasteiger partial charge on any atom is -0.392 e. The van der Waals surface area contributed by atoms with Gasteiger partial charge in [-0.3, -0.25) is 0 Å². The number of halogens is 2. The summed E-state index contributed by atoms with van der Waals surface area (Å²) in [5, 5.41) is 9.89. The van der Waals surface area contributed by atoms with E-state index >= 15 is 0 Å². The van der Waals surface area contributed by atoms with Crippen LogP contribution in [0.5, 0.6) is 0 Å². The summed E-state index contributed by atoms with van der Waals surface area (Å²) in [5.74, 6) is 2.07. The molecule has 3 aromatic rings. The van der Waals surface area contributed by atoms with E-state index in [4.69, 9.17) is 21.6 Å². The number of pyridine rings is 1. The van der Waals surface area contributed by atoms with E-state index in [1.807, 2.05) is 6.07 Å². The van der Waals surface area contributed by atoms with Crippen LogP contribution in [0, 0.1) is 5.82 Å². The van der Waals surface area contributed by atoms with Crippen molar-refractivity contribution in [3.8, 4) is 11.3 Å². The van der Waals surface area contributed by atoms with Gasteiger partial charge in [-0.2, -0.15) is 4.98 Å². The third kappa shape index (κ3) is 4.90. The fraction of sp³-hybridized carbons (Fsp3) is 0.423. The van der Waals surface area contributed by atoms with Crippen LogP contribution in [0.1, 0.15) is 32.3 Å². The average Bonchev–Trinajstić information content (AvgIpc) is 3.30. The molecule has 0 radical (unpaired) electrons. The Morgan fingerprint density at radius 3 is 2.49 bits per heavy atom. The number of anilines is 3. The topological polar surface area (TPSA) is 68.6 Å². The molecular formula is C26H30ClFN6O. The average molecular weight is 497 g/mol. The van der Waals surface area contributed by atoms with Crippen LogP contribution in [-0.4, -0.2) is 58.3 Å². The van der Waals surface area contributed by atoms with Crippen LogP contribution < -0.4 is 14.7 Å². The number of piperazine rings is 1. The van der Waals surface area contributed by atoms with Gasteiger partial charge in [0.25, 0.3) is 0 Å². The lowest BCUT2D eigenvalue weighted by Gasteiger charge is -2.41. The zero-order valence-corrected chi connectivity index (χ0v) is 20.8. The van der Waals surface area contributed by atoms with Crippen molar-refractivity contribution >= 4 is 29.2 Å². The Morgan fingerprint density at radius 1 is 1.03 bits per heavy atom. The van der Waals surface area contributed by atoms with Gasteiger partial charge in [-0.05, 0) is 62.6 Å². The molecule has 0 bridgehead atoms. The highest BCUT2D eigenvalue weighted by molar-refractivity contribution is 6.33. The number of nitrogens with zero attached hydrogens (tertiary/aromatic N) is 6. The normalized spacial score (nSPS) is 20.5. The SMILES string of the molecule is CC1CN(c2ncc(CO)cc2Cl)CCN1c1cc(-c2ccc(F)cc2)nc(N2CCCC2C)n1. The summed E-state index contributed by atoms with van der Waals surface area (Å²) in [6.45, 7) is 7.44. The number of rotatable bonds is 5. The lowest BCUT2D eigenvalue weighted by molar-refractivity contribution is 0.281. The van der Waals surface area contributed by atoms with Crippen molar-refractivity contribution in [1.29, 1.82) is 0 Å². The van der Waals surface area contributed by atoms with Gasteiger partial charge in [0.1, 0.15) is 17.5 Å². The molecule has 2 atom stereocenters. The molecular weight excluding hydrogens is 467 g/mol. The summed E-state index contributed by atoms with van der Waals surface area (Å²) in [6, 6.07) is 10.8. The molecule has 1 N–H and O–H groups in total. The first-order chi connectivity index (χ1) is 16.9. The Hall–Kier alpha value is -2.97. The Labute approximate surface area is 210 Å². The van der Waals surface area contributed by atoms with Crippen molar-refractivity contribution in [3.05, 3.63) is 59.0 Å². The molecule has 9 heteroatoms. The summed E-state index contributed by atoms with van der Waals surface area (Å²) in [4.78, 5) is 21.1. The number of hydrogen-bond donors (Lipinski definition) is 1. The lowest BCUT2D eigenvalue weighted by atomic mass is 10.1. The molecule has 5 rings (SSSR count). The smallest absolute Gasteiger partial charge is 0.228 e. The van der Waals surface area contributed by atoms with Crippen LogP contribution in [0.4, 0.5) is 22.0 Å². The molecule has 0 spiro atoms. The van der Waals surface area contributed by atoms with Gasteiger partial charge in [-0.25, -0.2) is 14.4 Å². The summed E-state index contributed by atoms with van der Waals surface area (Å²) in [5.41, 5.74) is 2.36. The monoisotopic (exact) mass is 496 g/mol. The third-order valence-corrected chi connectivity index (χ3v) is 7.21. The van der Waals surface area contributed by atoms with E-state index in [-0.39, 0.29) is 18.5 Å². The van der Waals surface area contributed by atoms with Crippen LogP contribution in [0.2, 0.25) is 5.02 Å². The van der Waals surface area contributed by atoms with Crippen molar-refractivity contribution in [2.45, 2.75) is 45.4 Å². The Morgan fingerprint density at radius 2 is 1.83 bits per heavy atom. The summed E-state index contributed by atoms with van der Waals surface area (Å²) < 4.78 is 13.6. The van der Waals surface area contributed by atoms with Crippen LogP contribution >= 0.6 is 11.6 Å². The van der Waals surface area contributed by atoms with Gasteiger partial charge in [0, 0.05) is 56.1 Å². The number of hydrogen-bond acceptors (Lipinski definition) is 7. The first-order valence-electron chi connectivity index (χ1n) is 12.1. The summed E-state index contributed by atoms with van der Waals surface area (Å²) in [6.07, 6.45) is 3.91. The minimum absolute atomic E-state index is 0.0841. The Bertz CT molecular complexity index is 1190. The fourth-order valence-electron chi connectivity index (χ4n) is 4.98. The maximum atomic E-state index is 13.6. The molecule has 0 amide bonds. The standard InChI is InChI=1S/C26H30ClFN6O/c1-17-4-3-9-34(17)26-30-23(20-5-7-21(28)8-6-20)13-24(31-26)33-11-10-32(15-18(33)2)25-22(27)12-19(16-35)14-29-25/h5-8,12-14,17-18,35H,3-4,9-11,15-16H2,1-2H3. The van der Waals surface area contributed by atoms with E-state index in [2.05, 4.69) is 33.5 Å². The van der Waals surface area contributed by atoms with Crippen LogP contribution in [0.25, 0.3) is 11.3 Å². The van der Waals surface area contributed by atoms with E-state index < -0.39 is 0 Å². The minimum atomic E-state index is -0.263. The van der Waals surface area contributed by atoms with Crippen LogP contribution in [0.15, 0.2) is 42.6 Å². The second kappa shape index (κ2) is 9.95. The Balaban J connectivity index is 1.44. The quantitative estimate of drug-likeness (QED) is 0.556. The second-order valence-electron chi connectivity index (χ2n) is 9.40. The maximum Gasteiger partial charge on any atom is 0.228 e. The van der Waals surface area contributed by atoms with Crippen molar-refractivity contribution in [2.24, 2.45) is 0 Å². The first kappa shape index (κ1) is 23.8. The molecule has 2 aromatic heterocycles. The fourth-order valence-corrected chi connectivity index (χ4v) is 5.28. The van der Waals surface area contributed by atoms with Gasteiger partial charge in [0.05, 0.1) is 17.3 Å². The van der Waals surface area contributed by atoms with Gasteiger partial charge in [0.2, 0.25) is 5.95 Å². The number of aliphatic hydroxyl groups is 1. The zero-order valence-electron chi connectivity index (χ0n) is 20.0. The van der Waals surface area contributed by atoms with Crippen molar-refractivity contribution < 1.29 is 9.50 Å². The summed E-state index contributed by atoms with van der Waals surface area (Å²) >= 11 is 6.47. The molecule has 2 aliphatic rings. The summed E-state index contributed by atoms with van der Waals surface area (Å²) in [7, 11) is 0. The second-order valence-corrected chi connectivity index (χ2v) is 9.81. The molecule has 2 fully saturated rings. The van der Waals surface area contributed by atoms with Gasteiger partial charge in [-0.15, -0.1) is 0 Å². The molecule has 4 heterocycles. The van der Waals surface area contributed by atoms with Crippen LogP contribution in [-0.2, 0) is 6.61 Å². The van der Waals surface area contributed by atoms with Gasteiger partial charge >= 0.3 is 0 Å². The van der Waals surface area contributed by atoms with Crippen molar-refractivity contribution in [3.63, 3.8) is 0 Å². The number of benzene rings is 1. The molecule has 7 nitrogen and oxygen atoms in total. The molecule has 1 aromatic carbocycles. The highest BCUT2D eigenvalue weighted by Crippen LogP contribution is 2.32. The lowest BCUT2D eigenvalue weighted by Crippen LogP contribution is -2.52. The third-order valence-electron chi connectivity index (χ3n) is 6.93. The van der Waals surface area contributed by atoms with E-state index in [0.717, 1.165) is 67.9 Å². The zero-order chi connectivity index (χ0) is 24.5. The van der Waals surface area contributed by atoms with E-state index in [0.29, 0.717) is 16.6 Å². The van der Waals surface area contributed by atoms with Gasteiger partial charge < -0.3 is 19.8 Å². The molecule has 2 aliphatic heterocycles. The molecule has 2 unspecified atom stereocenters. The first-order valence-corrected chi connectivity index (χ1v) is 12.5. The number of aliphatic hydroxyl groups excluding tert-OH is 1. The number of aromatic nitrogens is 3.